The summed E-state index contributed by atoms with van der Waals surface area (Å²) in [5.41, 5.74) is 2.64. The molecule has 0 radical (unpaired) electrons. The van der Waals surface area contributed by atoms with E-state index < -0.39 is 0 Å². The minimum absolute atomic E-state index is 0.382. The van der Waals surface area contributed by atoms with Gasteiger partial charge in [-0.3, -0.25) is 4.90 Å². The molecule has 25 heavy (non-hydrogen) atoms. The molecule has 0 amide bonds. The smallest absolute Gasteiger partial charge is 0.119 e. The summed E-state index contributed by atoms with van der Waals surface area (Å²) in [6.45, 7) is 8.12. The van der Waals surface area contributed by atoms with E-state index in [1.165, 1.54) is 11.1 Å². The maximum Gasteiger partial charge on any atom is 0.119 e. The molecule has 0 saturated carbocycles. The van der Waals surface area contributed by atoms with Crippen LogP contribution in [0.2, 0.25) is 0 Å². The van der Waals surface area contributed by atoms with Gasteiger partial charge in [0.1, 0.15) is 5.75 Å². The van der Waals surface area contributed by atoms with Gasteiger partial charge in [-0.15, -0.1) is 0 Å². The molecular weight excluding hydrogens is 312 g/mol. The fourth-order valence-electron chi connectivity index (χ4n) is 3.25. The lowest BCUT2D eigenvalue weighted by Crippen LogP contribution is -2.42. The maximum atomic E-state index is 5.52. The highest BCUT2D eigenvalue weighted by atomic mass is 16.5. The van der Waals surface area contributed by atoms with Crippen molar-refractivity contribution in [1.29, 1.82) is 0 Å². The van der Waals surface area contributed by atoms with Crippen molar-refractivity contribution in [1.82, 2.24) is 10.2 Å². The highest BCUT2D eigenvalue weighted by Crippen LogP contribution is 2.21. The van der Waals surface area contributed by atoms with Crippen LogP contribution in [0.15, 0.2) is 54.6 Å². The molecule has 1 aliphatic rings. The van der Waals surface area contributed by atoms with Gasteiger partial charge < -0.3 is 14.8 Å². The van der Waals surface area contributed by atoms with Crippen molar-refractivity contribution in [2.24, 2.45) is 0 Å². The van der Waals surface area contributed by atoms with E-state index in [1.54, 1.807) is 0 Å². The summed E-state index contributed by atoms with van der Waals surface area (Å²) in [5.74, 6) is 0.932. The van der Waals surface area contributed by atoms with E-state index in [4.69, 9.17) is 9.47 Å². The standard InChI is InChI=1S/C21H28N2O2/c1-2-25-20-10-8-18(9-11-20)16-22-17-21(19-6-4-3-5-7-19)23-12-14-24-15-13-23/h3-11,21-22H,2,12-17H2,1H3. The van der Waals surface area contributed by atoms with Crippen LogP contribution in [0.1, 0.15) is 24.1 Å². The van der Waals surface area contributed by atoms with Gasteiger partial charge in [-0.25, -0.2) is 0 Å². The molecule has 134 valence electrons. The lowest BCUT2D eigenvalue weighted by atomic mass is 10.0. The Morgan fingerprint density at radius 3 is 2.44 bits per heavy atom. The van der Waals surface area contributed by atoms with Gasteiger partial charge in [-0.05, 0) is 30.2 Å². The second-order valence-corrected chi connectivity index (χ2v) is 6.28. The Hall–Kier alpha value is -1.88. The zero-order valence-electron chi connectivity index (χ0n) is 15.0. The molecule has 4 heteroatoms. The van der Waals surface area contributed by atoms with Crippen LogP contribution in [-0.4, -0.2) is 44.4 Å². The summed E-state index contributed by atoms with van der Waals surface area (Å²) in [5, 5.41) is 3.63. The van der Waals surface area contributed by atoms with Gasteiger partial charge in [0, 0.05) is 32.2 Å². The van der Waals surface area contributed by atoms with E-state index in [9.17, 15) is 0 Å². The number of morpholine rings is 1. The Labute approximate surface area is 150 Å². The predicted octanol–water partition coefficient (Wildman–Crippen LogP) is 3.25. The fourth-order valence-corrected chi connectivity index (χ4v) is 3.25. The van der Waals surface area contributed by atoms with Crippen LogP contribution in [0.5, 0.6) is 5.75 Å². The summed E-state index contributed by atoms with van der Waals surface area (Å²) in [6.07, 6.45) is 0. The Morgan fingerprint density at radius 2 is 1.76 bits per heavy atom. The Bertz CT molecular complexity index is 610. The number of rotatable bonds is 8. The van der Waals surface area contributed by atoms with E-state index in [2.05, 4.69) is 52.7 Å². The third-order valence-corrected chi connectivity index (χ3v) is 4.57. The molecule has 1 atom stereocenters. The second-order valence-electron chi connectivity index (χ2n) is 6.28. The highest BCUT2D eigenvalue weighted by Gasteiger charge is 2.22. The summed E-state index contributed by atoms with van der Waals surface area (Å²) >= 11 is 0. The number of nitrogens with one attached hydrogen (secondary N) is 1. The van der Waals surface area contributed by atoms with Gasteiger partial charge in [0.05, 0.1) is 19.8 Å². The third-order valence-electron chi connectivity index (χ3n) is 4.57. The van der Waals surface area contributed by atoms with Crippen molar-refractivity contribution in [3.63, 3.8) is 0 Å². The van der Waals surface area contributed by atoms with Crippen molar-refractivity contribution in [3.8, 4) is 5.75 Å². The average molecular weight is 340 g/mol. The SMILES string of the molecule is CCOc1ccc(CNCC(c2ccccc2)N2CCOCC2)cc1. The van der Waals surface area contributed by atoms with E-state index in [0.717, 1.165) is 45.1 Å². The average Bonchev–Trinajstić information content (AvgIpc) is 2.68. The van der Waals surface area contributed by atoms with Crippen LogP contribution in [-0.2, 0) is 11.3 Å². The van der Waals surface area contributed by atoms with Gasteiger partial charge in [-0.2, -0.15) is 0 Å². The van der Waals surface area contributed by atoms with Gasteiger partial charge >= 0.3 is 0 Å². The Balaban J connectivity index is 1.58. The van der Waals surface area contributed by atoms with E-state index in [0.29, 0.717) is 12.6 Å². The van der Waals surface area contributed by atoms with Crippen molar-refractivity contribution < 1.29 is 9.47 Å². The van der Waals surface area contributed by atoms with Gasteiger partial charge in [-0.1, -0.05) is 42.5 Å². The first-order valence-electron chi connectivity index (χ1n) is 9.16. The van der Waals surface area contributed by atoms with Crippen LogP contribution in [0.4, 0.5) is 0 Å². The molecule has 0 aromatic heterocycles. The summed E-state index contributed by atoms with van der Waals surface area (Å²) < 4.78 is 11.0. The van der Waals surface area contributed by atoms with Gasteiger partial charge in [0.15, 0.2) is 0 Å². The number of hydrogen-bond acceptors (Lipinski definition) is 4. The lowest BCUT2D eigenvalue weighted by molar-refractivity contribution is 0.0161. The molecule has 3 rings (SSSR count). The Kier molecular flexibility index (Phi) is 6.86. The molecule has 0 bridgehead atoms. The van der Waals surface area contributed by atoms with Crippen LogP contribution in [0.25, 0.3) is 0 Å². The summed E-state index contributed by atoms with van der Waals surface area (Å²) in [4.78, 5) is 2.52. The molecule has 1 aliphatic heterocycles. The molecular formula is C21H28N2O2. The van der Waals surface area contributed by atoms with Crippen LogP contribution >= 0.6 is 0 Å². The zero-order chi connectivity index (χ0) is 17.3. The lowest BCUT2D eigenvalue weighted by Gasteiger charge is -2.35. The molecule has 0 aliphatic carbocycles. The zero-order valence-corrected chi connectivity index (χ0v) is 15.0. The molecule has 2 aromatic carbocycles. The van der Waals surface area contributed by atoms with Crippen molar-refractivity contribution in [2.45, 2.75) is 19.5 Å². The van der Waals surface area contributed by atoms with E-state index in [-0.39, 0.29) is 0 Å². The highest BCUT2D eigenvalue weighted by molar-refractivity contribution is 5.27. The van der Waals surface area contributed by atoms with Crippen molar-refractivity contribution in [2.75, 3.05) is 39.5 Å². The minimum atomic E-state index is 0.382. The number of ether oxygens (including phenoxy) is 2. The summed E-state index contributed by atoms with van der Waals surface area (Å²) in [6, 6.07) is 19.5. The van der Waals surface area contributed by atoms with Gasteiger partial charge in [0.2, 0.25) is 0 Å². The Morgan fingerprint density at radius 1 is 1.04 bits per heavy atom. The quantitative estimate of drug-likeness (QED) is 0.800. The molecule has 1 heterocycles. The maximum absolute atomic E-state index is 5.52. The van der Waals surface area contributed by atoms with Crippen molar-refractivity contribution in [3.05, 3.63) is 65.7 Å². The van der Waals surface area contributed by atoms with E-state index in [1.807, 2.05) is 19.1 Å². The first-order valence-corrected chi connectivity index (χ1v) is 9.16. The van der Waals surface area contributed by atoms with Crippen molar-refractivity contribution >= 4 is 0 Å². The first kappa shape index (κ1) is 17.9. The summed E-state index contributed by atoms with van der Waals surface area (Å²) in [7, 11) is 0. The predicted molar refractivity (Wildman–Crippen MR) is 101 cm³/mol. The first-order chi connectivity index (χ1) is 12.4. The molecule has 1 saturated heterocycles. The molecule has 1 fully saturated rings. The van der Waals surface area contributed by atoms with E-state index >= 15 is 0 Å². The van der Waals surface area contributed by atoms with Crippen LogP contribution in [0, 0.1) is 0 Å². The van der Waals surface area contributed by atoms with Crippen LogP contribution in [0.3, 0.4) is 0 Å². The molecule has 1 N–H and O–H groups in total. The second kappa shape index (κ2) is 9.56. The minimum Gasteiger partial charge on any atom is -0.494 e. The normalized spacial score (nSPS) is 16.5. The third kappa shape index (κ3) is 5.30. The molecule has 2 aromatic rings. The van der Waals surface area contributed by atoms with Crippen LogP contribution < -0.4 is 10.1 Å². The number of hydrogen-bond donors (Lipinski definition) is 1. The van der Waals surface area contributed by atoms with Gasteiger partial charge in [0.25, 0.3) is 0 Å². The molecule has 4 nitrogen and oxygen atoms in total. The largest absolute Gasteiger partial charge is 0.494 e. The monoisotopic (exact) mass is 340 g/mol. The fraction of sp³-hybridized carbons (Fsp3) is 0.429. The molecule has 1 unspecified atom stereocenters. The molecule has 0 spiro atoms. The number of nitrogens with zero attached hydrogens (tertiary/aromatic N) is 1. The topological polar surface area (TPSA) is 33.7 Å². The number of benzene rings is 2.